The number of hydrogen-bond donors (Lipinski definition) is 2. The SMILES string of the molecule is CCCNC(=O)CCCc1c(-c2ccccn2)[nH]c2ccc(Cl)cc12. The lowest BCUT2D eigenvalue weighted by Crippen LogP contribution is -2.23. The molecule has 0 bridgehead atoms. The molecule has 130 valence electrons. The van der Waals surface area contributed by atoms with E-state index in [2.05, 4.69) is 22.2 Å². The minimum absolute atomic E-state index is 0.110. The van der Waals surface area contributed by atoms with Crippen molar-refractivity contribution in [2.75, 3.05) is 6.54 Å². The van der Waals surface area contributed by atoms with E-state index in [1.807, 2.05) is 36.4 Å². The van der Waals surface area contributed by atoms with Crippen LogP contribution in [-0.2, 0) is 11.2 Å². The summed E-state index contributed by atoms with van der Waals surface area (Å²) in [7, 11) is 0. The van der Waals surface area contributed by atoms with Crippen LogP contribution in [0.25, 0.3) is 22.3 Å². The normalized spacial score (nSPS) is 11.0. The number of carbonyl (C=O) groups is 1. The van der Waals surface area contributed by atoms with Gasteiger partial charge in [-0.1, -0.05) is 24.6 Å². The van der Waals surface area contributed by atoms with Crippen LogP contribution in [0.15, 0.2) is 42.6 Å². The number of amides is 1. The summed E-state index contributed by atoms with van der Waals surface area (Å²) in [5, 5.41) is 4.73. The van der Waals surface area contributed by atoms with Gasteiger partial charge < -0.3 is 10.3 Å². The second kappa shape index (κ2) is 8.17. The summed E-state index contributed by atoms with van der Waals surface area (Å²) in [4.78, 5) is 19.8. The molecule has 5 heteroatoms. The Balaban J connectivity index is 1.86. The van der Waals surface area contributed by atoms with E-state index < -0.39 is 0 Å². The molecule has 4 nitrogen and oxygen atoms in total. The van der Waals surface area contributed by atoms with Gasteiger partial charge in [-0.2, -0.15) is 0 Å². The molecule has 0 saturated carbocycles. The lowest BCUT2D eigenvalue weighted by atomic mass is 10.0. The van der Waals surface area contributed by atoms with Gasteiger partial charge in [0.05, 0.1) is 11.4 Å². The molecular weight excluding hydrogens is 334 g/mol. The fourth-order valence-electron chi connectivity index (χ4n) is 2.99. The molecule has 1 aromatic carbocycles. The van der Waals surface area contributed by atoms with Crippen molar-refractivity contribution in [3.63, 3.8) is 0 Å². The molecule has 2 aromatic heterocycles. The average molecular weight is 356 g/mol. The van der Waals surface area contributed by atoms with Crippen LogP contribution < -0.4 is 5.32 Å². The third-order valence-corrected chi connectivity index (χ3v) is 4.43. The highest BCUT2D eigenvalue weighted by Crippen LogP contribution is 2.32. The van der Waals surface area contributed by atoms with E-state index in [4.69, 9.17) is 11.6 Å². The van der Waals surface area contributed by atoms with Crippen LogP contribution in [0.5, 0.6) is 0 Å². The number of nitrogens with zero attached hydrogens (tertiary/aromatic N) is 1. The molecule has 0 saturated heterocycles. The molecule has 0 atom stereocenters. The van der Waals surface area contributed by atoms with Crippen molar-refractivity contribution >= 4 is 28.4 Å². The summed E-state index contributed by atoms with van der Waals surface area (Å²) in [6.07, 6.45) is 4.85. The predicted octanol–water partition coefficient (Wildman–Crippen LogP) is 4.73. The zero-order valence-corrected chi connectivity index (χ0v) is 15.1. The molecular formula is C20H22ClN3O. The monoisotopic (exact) mass is 355 g/mol. The molecule has 0 aliphatic heterocycles. The fourth-order valence-corrected chi connectivity index (χ4v) is 3.16. The van der Waals surface area contributed by atoms with Crippen LogP contribution >= 0.6 is 11.6 Å². The first kappa shape index (κ1) is 17.5. The molecule has 2 N–H and O–H groups in total. The number of fused-ring (bicyclic) bond motifs is 1. The third-order valence-electron chi connectivity index (χ3n) is 4.19. The van der Waals surface area contributed by atoms with E-state index in [0.717, 1.165) is 48.1 Å². The highest BCUT2D eigenvalue weighted by molar-refractivity contribution is 6.31. The first-order valence-corrected chi connectivity index (χ1v) is 9.05. The number of halogens is 1. The van der Waals surface area contributed by atoms with Crippen molar-refractivity contribution in [1.82, 2.24) is 15.3 Å². The molecule has 0 unspecified atom stereocenters. The number of hydrogen-bond acceptors (Lipinski definition) is 2. The van der Waals surface area contributed by atoms with Gasteiger partial charge in [0.15, 0.2) is 0 Å². The van der Waals surface area contributed by atoms with Crippen LogP contribution in [0.3, 0.4) is 0 Å². The van der Waals surface area contributed by atoms with E-state index >= 15 is 0 Å². The molecule has 0 fully saturated rings. The Morgan fingerprint density at radius 1 is 1.28 bits per heavy atom. The number of pyridine rings is 1. The number of aromatic amines is 1. The Morgan fingerprint density at radius 3 is 2.92 bits per heavy atom. The number of rotatable bonds is 7. The first-order valence-electron chi connectivity index (χ1n) is 8.67. The lowest BCUT2D eigenvalue weighted by molar-refractivity contribution is -0.121. The number of H-pyrrole nitrogens is 1. The van der Waals surface area contributed by atoms with Gasteiger partial charge in [0, 0.05) is 35.1 Å². The standard InChI is InChI=1S/C20H22ClN3O/c1-2-11-23-19(25)8-5-6-15-16-13-14(21)9-10-17(16)24-20(15)18-7-3-4-12-22-18/h3-4,7,9-10,12-13,24H,2,5-6,8,11H2,1H3,(H,23,25). The van der Waals surface area contributed by atoms with E-state index in [0.29, 0.717) is 11.4 Å². The van der Waals surface area contributed by atoms with Crippen LogP contribution in [-0.4, -0.2) is 22.4 Å². The minimum Gasteiger partial charge on any atom is -0.356 e. The van der Waals surface area contributed by atoms with Crippen molar-refractivity contribution < 1.29 is 4.79 Å². The van der Waals surface area contributed by atoms with Crippen LogP contribution in [0.4, 0.5) is 0 Å². The summed E-state index contributed by atoms with van der Waals surface area (Å²) in [6, 6.07) is 11.7. The Morgan fingerprint density at radius 2 is 2.16 bits per heavy atom. The van der Waals surface area contributed by atoms with Gasteiger partial charge in [0.2, 0.25) is 5.91 Å². The van der Waals surface area contributed by atoms with Gasteiger partial charge in [-0.05, 0) is 55.2 Å². The lowest BCUT2D eigenvalue weighted by Gasteiger charge is -2.06. The maximum atomic E-state index is 11.9. The largest absolute Gasteiger partial charge is 0.356 e. The van der Waals surface area contributed by atoms with E-state index in [-0.39, 0.29) is 5.91 Å². The maximum Gasteiger partial charge on any atom is 0.220 e. The average Bonchev–Trinajstić information content (AvgIpc) is 2.98. The van der Waals surface area contributed by atoms with E-state index in [1.165, 1.54) is 5.56 Å². The van der Waals surface area contributed by atoms with Crippen molar-refractivity contribution in [1.29, 1.82) is 0 Å². The third kappa shape index (κ3) is 4.20. The van der Waals surface area contributed by atoms with Crippen LogP contribution in [0, 0.1) is 0 Å². The van der Waals surface area contributed by atoms with E-state index in [1.54, 1.807) is 6.20 Å². The summed E-state index contributed by atoms with van der Waals surface area (Å²) in [6.45, 7) is 2.79. The van der Waals surface area contributed by atoms with Crippen LogP contribution in [0.1, 0.15) is 31.7 Å². The van der Waals surface area contributed by atoms with Gasteiger partial charge in [0.1, 0.15) is 0 Å². The topological polar surface area (TPSA) is 57.8 Å². The van der Waals surface area contributed by atoms with E-state index in [9.17, 15) is 4.79 Å². The van der Waals surface area contributed by atoms with Crippen molar-refractivity contribution in [3.8, 4) is 11.4 Å². The first-order chi connectivity index (χ1) is 12.2. The summed E-state index contributed by atoms with van der Waals surface area (Å²) < 4.78 is 0. The van der Waals surface area contributed by atoms with Gasteiger partial charge in [-0.15, -0.1) is 0 Å². The molecule has 0 aliphatic carbocycles. The maximum absolute atomic E-state index is 11.9. The zero-order chi connectivity index (χ0) is 17.6. The number of carbonyl (C=O) groups excluding carboxylic acids is 1. The number of benzene rings is 1. The second-order valence-corrected chi connectivity index (χ2v) is 6.52. The smallest absolute Gasteiger partial charge is 0.220 e. The molecule has 0 aliphatic rings. The molecule has 3 aromatic rings. The minimum atomic E-state index is 0.110. The van der Waals surface area contributed by atoms with Crippen molar-refractivity contribution in [3.05, 3.63) is 53.2 Å². The molecule has 0 radical (unpaired) electrons. The van der Waals surface area contributed by atoms with Gasteiger partial charge in [0.25, 0.3) is 0 Å². The predicted molar refractivity (Wildman–Crippen MR) is 103 cm³/mol. The number of aryl methyl sites for hydroxylation is 1. The summed E-state index contributed by atoms with van der Waals surface area (Å²) >= 11 is 6.19. The van der Waals surface area contributed by atoms with Gasteiger partial charge in [-0.3, -0.25) is 9.78 Å². The number of nitrogens with one attached hydrogen (secondary N) is 2. The van der Waals surface area contributed by atoms with Gasteiger partial charge >= 0.3 is 0 Å². The zero-order valence-electron chi connectivity index (χ0n) is 14.3. The summed E-state index contributed by atoms with van der Waals surface area (Å²) in [5.41, 5.74) is 4.11. The highest BCUT2D eigenvalue weighted by atomic mass is 35.5. The molecule has 0 spiro atoms. The molecule has 1 amide bonds. The highest BCUT2D eigenvalue weighted by Gasteiger charge is 2.14. The van der Waals surface area contributed by atoms with Gasteiger partial charge in [-0.25, -0.2) is 0 Å². The Hall–Kier alpha value is -2.33. The number of aromatic nitrogens is 2. The molecule has 25 heavy (non-hydrogen) atoms. The van der Waals surface area contributed by atoms with Crippen molar-refractivity contribution in [2.45, 2.75) is 32.6 Å². The fraction of sp³-hybridized carbons (Fsp3) is 0.300. The quantitative estimate of drug-likeness (QED) is 0.643. The van der Waals surface area contributed by atoms with Crippen molar-refractivity contribution in [2.24, 2.45) is 0 Å². The second-order valence-electron chi connectivity index (χ2n) is 6.09. The van der Waals surface area contributed by atoms with Crippen LogP contribution in [0.2, 0.25) is 5.02 Å². The molecule has 3 rings (SSSR count). The summed E-state index contributed by atoms with van der Waals surface area (Å²) in [5.74, 6) is 0.110. The Bertz CT molecular complexity index is 858. The Kier molecular flexibility index (Phi) is 5.71. The molecule has 2 heterocycles. The Labute approximate surface area is 152 Å².